The first kappa shape index (κ1) is 13.0. The number of hydrogen-bond donors (Lipinski definition) is 1. The summed E-state index contributed by atoms with van der Waals surface area (Å²) in [6, 6.07) is 0. The van der Waals surface area contributed by atoms with E-state index in [4.69, 9.17) is 5.11 Å². The van der Waals surface area contributed by atoms with E-state index in [9.17, 15) is 14.4 Å². The van der Waals surface area contributed by atoms with Crippen LogP contribution in [0.4, 0.5) is 0 Å². The van der Waals surface area contributed by atoms with Crippen LogP contribution in [0.25, 0.3) is 0 Å². The molecule has 1 aliphatic heterocycles. The normalized spacial score (nSPS) is 21.3. The van der Waals surface area contributed by atoms with Crippen molar-refractivity contribution < 1.29 is 19.5 Å². The van der Waals surface area contributed by atoms with Gasteiger partial charge in [0.05, 0.1) is 0 Å². The van der Waals surface area contributed by atoms with Crippen LogP contribution in [-0.4, -0.2) is 44.3 Å². The zero-order chi connectivity index (χ0) is 12.5. The van der Waals surface area contributed by atoms with Crippen molar-refractivity contribution in [3.63, 3.8) is 0 Å². The van der Waals surface area contributed by atoms with E-state index in [1.165, 1.54) is 25.7 Å². The van der Waals surface area contributed by atoms with Crippen molar-refractivity contribution in [3.8, 4) is 0 Å². The smallest absolute Gasteiger partial charge is 0.329 e. The van der Waals surface area contributed by atoms with Gasteiger partial charge in [0.2, 0.25) is 5.91 Å². The molecule has 0 aromatic heterocycles. The molecule has 1 N–H and O–H groups in total. The van der Waals surface area contributed by atoms with Crippen LogP contribution in [0.2, 0.25) is 0 Å². The van der Waals surface area contributed by atoms with E-state index in [1.54, 1.807) is 0 Å². The number of amides is 1. The first-order chi connectivity index (χ1) is 7.25. The second-order valence-electron chi connectivity index (χ2n) is 4.30. The Morgan fingerprint density at radius 2 is 2.06 bits per heavy atom. The van der Waals surface area contributed by atoms with E-state index in [2.05, 4.69) is 0 Å². The Morgan fingerprint density at radius 1 is 1.50 bits per heavy atom. The van der Waals surface area contributed by atoms with Crippen LogP contribution in [0, 0.1) is 0 Å². The minimum absolute atomic E-state index is 0.0484. The van der Waals surface area contributed by atoms with Crippen LogP contribution in [0.3, 0.4) is 0 Å². The Morgan fingerprint density at radius 3 is 2.50 bits per heavy atom. The van der Waals surface area contributed by atoms with Gasteiger partial charge in [-0.05, 0) is 13.8 Å². The number of hydrogen-bond acceptors (Lipinski definition) is 4. The molecule has 0 aromatic rings. The third kappa shape index (κ3) is 2.55. The number of rotatable bonds is 3. The zero-order valence-corrected chi connectivity index (χ0v) is 10.3. The first-order valence-corrected chi connectivity index (χ1v) is 5.84. The quantitative estimate of drug-likeness (QED) is 0.793. The molecule has 1 amide bonds. The topological polar surface area (TPSA) is 74.7 Å². The lowest BCUT2D eigenvalue weighted by molar-refractivity contribution is -0.154. The zero-order valence-electron chi connectivity index (χ0n) is 9.52. The average Bonchev–Trinajstić information content (AvgIpc) is 2.45. The summed E-state index contributed by atoms with van der Waals surface area (Å²) in [6.45, 7) is 4.75. The molecular formula is C10H15NO4S. The maximum atomic E-state index is 11.7. The highest BCUT2D eigenvalue weighted by atomic mass is 32.2. The Hall–Kier alpha value is -1.04. The van der Waals surface area contributed by atoms with Crippen LogP contribution in [0.15, 0.2) is 0 Å². The fourth-order valence-corrected chi connectivity index (χ4v) is 2.56. The molecule has 0 aromatic carbocycles. The van der Waals surface area contributed by atoms with Gasteiger partial charge in [-0.2, -0.15) is 0 Å². The highest BCUT2D eigenvalue weighted by molar-refractivity contribution is 8.14. The van der Waals surface area contributed by atoms with Crippen LogP contribution in [-0.2, 0) is 14.4 Å². The summed E-state index contributed by atoms with van der Waals surface area (Å²) in [6.07, 6.45) is 0.237. The van der Waals surface area contributed by atoms with Gasteiger partial charge >= 0.3 is 5.97 Å². The molecule has 1 saturated heterocycles. The number of carboxylic acid groups (broad SMARTS) is 1. The number of aliphatic carboxylic acids is 1. The van der Waals surface area contributed by atoms with Gasteiger partial charge in [-0.1, -0.05) is 11.8 Å². The molecule has 5 nitrogen and oxygen atoms in total. The Bertz CT molecular complexity index is 340. The molecule has 0 spiro atoms. The average molecular weight is 245 g/mol. The number of carbonyl (C=O) groups is 3. The van der Waals surface area contributed by atoms with E-state index in [1.807, 2.05) is 0 Å². The van der Waals surface area contributed by atoms with Crippen molar-refractivity contribution in [2.45, 2.75) is 38.0 Å². The fraction of sp³-hybridized carbons (Fsp3) is 0.700. The largest absolute Gasteiger partial charge is 0.480 e. The molecule has 0 radical (unpaired) electrons. The van der Waals surface area contributed by atoms with Gasteiger partial charge in [-0.25, -0.2) is 4.79 Å². The van der Waals surface area contributed by atoms with Crippen LogP contribution < -0.4 is 0 Å². The highest BCUT2D eigenvalue weighted by Gasteiger charge is 2.43. The number of likely N-dealkylation sites (tertiary alicyclic amines) is 1. The van der Waals surface area contributed by atoms with Crippen LogP contribution in [0.5, 0.6) is 0 Å². The predicted molar refractivity (Wildman–Crippen MR) is 60.1 cm³/mol. The monoisotopic (exact) mass is 245 g/mol. The molecule has 1 fully saturated rings. The minimum atomic E-state index is -1.21. The molecule has 1 rings (SSSR count). The molecule has 1 atom stereocenters. The van der Waals surface area contributed by atoms with E-state index in [0.29, 0.717) is 6.54 Å². The fourth-order valence-electron chi connectivity index (χ4n) is 1.64. The van der Waals surface area contributed by atoms with Crippen molar-refractivity contribution >= 4 is 28.8 Å². The molecule has 1 unspecified atom stereocenters. The standard InChI is InChI=1S/C10H15NO4S/c1-6(12)16-7-4-8(13)11(5-7)10(2,3)9(14)15/h7H,4-5H2,1-3H3,(H,14,15). The first-order valence-electron chi connectivity index (χ1n) is 4.96. The van der Waals surface area contributed by atoms with Gasteiger partial charge in [-0.15, -0.1) is 0 Å². The lowest BCUT2D eigenvalue weighted by Gasteiger charge is -2.31. The van der Waals surface area contributed by atoms with Gasteiger partial charge in [0.1, 0.15) is 5.54 Å². The van der Waals surface area contributed by atoms with Crippen molar-refractivity contribution in [2.24, 2.45) is 0 Å². The lowest BCUT2D eigenvalue weighted by Crippen LogP contribution is -2.51. The maximum Gasteiger partial charge on any atom is 0.329 e. The Labute approximate surface area is 98.2 Å². The van der Waals surface area contributed by atoms with Crippen molar-refractivity contribution in [1.29, 1.82) is 0 Å². The van der Waals surface area contributed by atoms with Gasteiger partial charge in [0.15, 0.2) is 5.12 Å². The summed E-state index contributed by atoms with van der Waals surface area (Å²) in [4.78, 5) is 34.9. The van der Waals surface area contributed by atoms with Gasteiger partial charge in [-0.3, -0.25) is 9.59 Å². The molecule has 0 saturated carbocycles. The molecule has 1 aliphatic rings. The van der Waals surface area contributed by atoms with Crippen molar-refractivity contribution in [3.05, 3.63) is 0 Å². The van der Waals surface area contributed by atoms with E-state index in [-0.39, 0.29) is 22.7 Å². The highest BCUT2D eigenvalue weighted by Crippen LogP contribution is 2.29. The summed E-state index contributed by atoms with van der Waals surface area (Å²) in [5.41, 5.74) is -1.21. The molecule has 0 bridgehead atoms. The van der Waals surface area contributed by atoms with Crippen molar-refractivity contribution in [1.82, 2.24) is 4.90 Å². The van der Waals surface area contributed by atoms with Crippen LogP contribution in [0.1, 0.15) is 27.2 Å². The summed E-state index contributed by atoms with van der Waals surface area (Å²) in [5, 5.41) is 8.85. The molecule has 0 aliphatic carbocycles. The van der Waals surface area contributed by atoms with E-state index < -0.39 is 11.5 Å². The van der Waals surface area contributed by atoms with Gasteiger partial charge < -0.3 is 10.0 Å². The number of nitrogens with zero attached hydrogens (tertiary/aromatic N) is 1. The molecular weight excluding hydrogens is 230 g/mol. The summed E-state index contributed by atoms with van der Waals surface area (Å²) in [7, 11) is 0. The Kier molecular flexibility index (Phi) is 3.62. The Balaban J connectivity index is 2.75. The third-order valence-corrected chi connectivity index (χ3v) is 3.60. The summed E-state index contributed by atoms with van der Waals surface area (Å²) < 4.78 is 0. The third-order valence-electron chi connectivity index (χ3n) is 2.62. The second kappa shape index (κ2) is 4.45. The number of thioether (sulfide) groups is 1. The molecule has 16 heavy (non-hydrogen) atoms. The van der Waals surface area contributed by atoms with E-state index in [0.717, 1.165) is 11.8 Å². The SMILES string of the molecule is CC(=O)SC1CC(=O)N(C(C)(C)C(=O)O)C1. The number of carbonyl (C=O) groups excluding carboxylic acids is 2. The summed E-state index contributed by atoms with van der Waals surface area (Å²) in [5.74, 6) is -1.24. The van der Waals surface area contributed by atoms with Gasteiger partial charge in [0.25, 0.3) is 0 Å². The lowest BCUT2D eigenvalue weighted by atomic mass is 10.0. The predicted octanol–water partition coefficient (Wildman–Crippen LogP) is 0.730. The number of carboxylic acids is 1. The molecule has 6 heteroatoms. The van der Waals surface area contributed by atoms with E-state index >= 15 is 0 Å². The second-order valence-corrected chi connectivity index (χ2v) is 5.78. The molecule has 1 heterocycles. The van der Waals surface area contributed by atoms with Crippen LogP contribution >= 0.6 is 11.8 Å². The minimum Gasteiger partial charge on any atom is -0.480 e. The maximum absolute atomic E-state index is 11.7. The van der Waals surface area contributed by atoms with Crippen molar-refractivity contribution in [2.75, 3.05) is 6.54 Å². The molecule has 90 valence electrons. The summed E-state index contributed by atoms with van der Waals surface area (Å²) >= 11 is 1.10. The van der Waals surface area contributed by atoms with Gasteiger partial charge in [0, 0.05) is 25.1 Å².